The summed E-state index contributed by atoms with van der Waals surface area (Å²) < 4.78 is 5.55. The van der Waals surface area contributed by atoms with E-state index in [2.05, 4.69) is 15.2 Å². The summed E-state index contributed by atoms with van der Waals surface area (Å²) in [7, 11) is 0. The van der Waals surface area contributed by atoms with E-state index in [4.69, 9.17) is 10.5 Å². The molecule has 0 aliphatic heterocycles. The quantitative estimate of drug-likeness (QED) is 0.791. The van der Waals surface area contributed by atoms with E-state index in [1.165, 1.54) is 0 Å². The van der Waals surface area contributed by atoms with E-state index in [9.17, 15) is 0 Å². The first-order valence-corrected chi connectivity index (χ1v) is 5.54. The number of nitrogens with two attached hydrogens (primary N) is 1. The van der Waals surface area contributed by atoms with Gasteiger partial charge in [0.1, 0.15) is 12.4 Å². The van der Waals surface area contributed by atoms with Gasteiger partial charge < -0.3 is 10.5 Å². The average molecular weight is 232 g/mol. The monoisotopic (exact) mass is 232 g/mol. The normalized spacial score (nSPS) is 10.8. The predicted octanol–water partition coefficient (Wildman–Crippen LogP) is 2.09. The Morgan fingerprint density at radius 1 is 1.29 bits per heavy atom. The van der Waals surface area contributed by atoms with Crippen LogP contribution >= 0.6 is 0 Å². The van der Waals surface area contributed by atoms with E-state index in [0.717, 1.165) is 23.1 Å². The summed E-state index contributed by atoms with van der Waals surface area (Å²) in [6.07, 6.45) is 0. The van der Waals surface area contributed by atoms with E-state index in [1.807, 2.05) is 26.0 Å². The number of hydrogen-bond acceptors (Lipinski definition) is 4. The van der Waals surface area contributed by atoms with Gasteiger partial charge in [-0.15, -0.1) is 0 Å². The number of anilines is 1. The molecule has 0 aliphatic carbocycles. The van der Waals surface area contributed by atoms with Crippen LogP contribution in [0.15, 0.2) is 24.3 Å². The zero-order chi connectivity index (χ0) is 12.3. The van der Waals surface area contributed by atoms with Crippen molar-refractivity contribution in [2.24, 2.45) is 0 Å². The third-order valence-electron chi connectivity index (χ3n) is 2.32. The van der Waals surface area contributed by atoms with Crippen molar-refractivity contribution < 1.29 is 4.74 Å². The molecule has 5 heteroatoms. The molecule has 2 rings (SSSR count). The number of benzene rings is 1. The molecule has 1 aromatic heterocycles. The molecule has 0 radical (unpaired) electrons. The van der Waals surface area contributed by atoms with Gasteiger partial charge in [0.2, 0.25) is 0 Å². The van der Waals surface area contributed by atoms with E-state index < -0.39 is 0 Å². The third kappa shape index (κ3) is 2.96. The largest absolute Gasteiger partial charge is 0.486 e. The van der Waals surface area contributed by atoms with Crippen LogP contribution < -0.4 is 10.5 Å². The summed E-state index contributed by atoms with van der Waals surface area (Å²) in [5, 5.41) is 6.96. The Morgan fingerprint density at radius 2 is 2.00 bits per heavy atom. The van der Waals surface area contributed by atoms with Crippen LogP contribution in [0, 0.1) is 0 Å². The van der Waals surface area contributed by atoms with Crippen LogP contribution in [0.25, 0.3) is 0 Å². The Bertz CT molecular complexity index is 476. The molecule has 5 nitrogen and oxygen atoms in total. The van der Waals surface area contributed by atoms with Crippen LogP contribution in [0.3, 0.4) is 0 Å². The highest BCUT2D eigenvalue weighted by atomic mass is 16.5. The number of hydrogen-bond donors (Lipinski definition) is 2. The number of nitrogens with one attached hydrogen (secondary N) is 1. The van der Waals surface area contributed by atoms with Crippen molar-refractivity contribution >= 4 is 5.69 Å². The molecule has 17 heavy (non-hydrogen) atoms. The van der Waals surface area contributed by atoms with Gasteiger partial charge in [-0.1, -0.05) is 13.8 Å². The molecular formula is C12H16N4O. The van der Waals surface area contributed by atoms with Crippen molar-refractivity contribution in [2.75, 3.05) is 5.73 Å². The van der Waals surface area contributed by atoms with E-state index >= 15 is 0 Å². The van der Waals surface area contributed by atoms with Crippen molar-refractivity contribution in [3.05, 3.63) is 35.9 Å². The first kappa shape index (κ1) is 11.4. The summed E-state index contributed by atoms with van der Waals surface area (Å²) in [5.41, 5.74) is 6.31. The van der Waals surface area contributed by atoms with E-state index in [0.29, 0.717) is 12.5 Å². The Labute approximate surface area is 100 Å². The highest BCUT2D eigenvalue weighted by molar-refractivity contribution is 5.41. The van der Waals surface area contributed by atoms with Gasteiger partial charge >= 0.3 is 0 Å². The Morgan fingerprint density at radius 3 is 2.59 bits per heavy atom. The highest BCUT2D eigenvalue weighted by Crippen LogP contribution is 2.14. The van der Waals surface area contributed by atoms with Crippen molar-refractivity contribution in [2.45, 2.75) is 26.4 Å². The first-order chi connectivity index (χ1) is 8.15. The zero-order valence-corrected chi connectivity index (χ0v) is 9.97. The first-order valence-electron chi connectivity index (χ1n) is 5.54. The number of nitrogens with zero attached hydrogens (tertiary/aromatic N) is 2. The molecule has 0 fully saturated rings. The molecule has 0 unspecified atom stereocenters. The Hall–Kier alpha value is -2.04. The summed E-state index contributed by atoms with van der Waals surface area (Å²) in [6.45, 7) is 4.48. The molecule has 0 saturated heterocycles. The molecule has 90 valence electrons. The summed E-state index contributed by atoms with van der Waals surface area (Å²) in [5.74, 6) is 2.62. The second-order valence-corrected chi connectivity index (χ2v) is 4.15. The highest BCUT2D eigenvalue weighted by Gasteiger charge is 2.07. The van der Waals surface area contributed by atoms with Crippen molar-refractivity contribution in [1.29, 1.82) is 0 Å². The van der Waals surface area contributed by atoms with Gasteiger partial charge in [-0.05, 0) is 24.3 Å². The maximum atomic E-state index is 5.59. The number of aromatic nitrogens is 3. The molecule has 1 aromatic carbocycles. The molecule has 2 aromatic rings. The van der Waals surface area contributed by atoms with Crippen molar-refractivity contribution in [1.82, 2.24) is 15.2 Å². The van der Waals surface area contributed by atoms with Gasteiger partial charge in [-0.25, -0.2) is 4.98 Å². The van der Waals surface area contributed by atoms with Gasteiger partial charge in [-0.2, -0.15) is 5.10 Å². The summed E-state index contributed by atoms with van der Waals surface area (Å²) in [4.78, 5) is 4.33. The number of ether oxygens (including phenoxy) is 1. The lowest BCUT2D eigenvalue weighted by Gasteiger charge is -2.03. The molecule has 0 saturated carbocycles. The van der Waals surface area contributed by atoms with Crippen LogP contribution in [0.5, 0.6) is 5.75 Å². The SMILES string of the molecule is CC(C)c1n[nH]c(COc2ccc(N)cc2)n1. The molecule has 0 atom stereocenters. The number of H-pyrrole nitrogens is 1. The lowest BCUT2D eigenvalue weighted by molar-refractivity contribution is 0.296. The van der Waals surface area contributed by atoms with Crippen LogP contribution in [0.2, 0.25) is 0 Å². The maximum absolute atomic E-state index is 5.59. The summed E-state index contributed by atoms with van der Waals surface area (Å²) >= 11 is 0. The van der Waals surface area contributed by atoms with E-state index in [-0.39, 0.29) is 0 Å². The second kappa shape index (κ2) is 4.86. The molecule has 0 amide bonds. The Balaban J connectivity index is 1.95. The minimum Gasteiger partial charge on any atom is -0.486 e. The fourth-order valence-electron chi connectivity index (χ4n) is 1.35. The minimum absolute atomic E-state index is 0.316. The lowest BCUT2D eigenvalue weighted by atomic mass is 10.2. The van der Waals surface area contributed by atoms with Crippen molar-refractivity contribution in [3.63, 3.8) is 0 Å². The molecular weight excluding hydrogens is 216 g/mol. The Kier molecular flexibility index (Phi) is 3.27. The third-order valence-corrected chi connectivity index (χ3v) is 2.32. The van der Waals surface area contributed by atoms with Crippen LogP contribution in [-0.4, -0.2) is 15.2 Å². The van der Waals surface area contributed by atoms with E-state index in [1.54, 1.807) is 12.1 Å². The number of aromatic amines is 1. The second-order valence-electron chi connectivity index (χ2n) is 4.15. The molecule has 0 spiro atoms. The van der Waals surface area contributed by atoms with Crippen molar-refractivity contribution in [3.8, 4) is 5.75 Å². The maximum Gasteiger partial charge on any atom is 0.162 e. The average Bonchev–Trinajstić information content (AvgIpc) is 2.77. The molecule has 1 heterocycles. The van der Waals surface area contributed by atoms with Gasteiger partial charge in [0.15, 0.2) is 11.6 Å². The van der Waals surface area contributed by atoms with Crippen LogP contribution in [0.4, 0.5) is 5.69 Å². The standard InChI is InChI=1S/C12H16N4O/c1-8(2)12-14-11(15-16-12)7-17-10-5-3-9(13)4-6-10/h3-6,8H,7,13H2,1-2H3,(H,14,15,16). The predicted molar refractivity (Wildman–Crippen MR) is 65.7 cm³/mol. The van der Waals surface area contributed by atoms with Gasteiger partial charge in [0, 0.05) is 11.6 Å². The van der Waals surface area contributed by atoms with Gasteiger partial charge in [-0.3, -0.25) is 5.10 Å². The smallest absolute Gasteiger partial charge is 0.162 e. The number of rotatable bonds is 4. The fraction of sp³-hybridized carbons (Fsp3) is 0.333. The molecule has 0 bridgehead atoms. The molecule has 3 N–H and O–H groups in total. The summed E-state index contributed by atoms with van der Waals surface area (Å²) in [6, 6.07) is 7.26. The zero-order valence-electron chi connectivity index (χ0n) is 9.97. The lowest BCUT2D eigenvalue weighted by Crippen LogP contribution is -1.98. The topological polar surface area (TPSA) is 76.8 Å². The fourth-order valence-corrected chi connectivity index (χ4v) is 1.35. The minimum atomic E-state index is 0.316. The van der Waals surface area contributed by atoms with Gasteiger partial charge in [0.25, 0.3) is 0 Å². The number of nitrogen functional groups attached to an aromatic ring is 1. The van der Waals surface area contributed by atoms with Crippen LogP contribution in [-0.2, 0) is 6.61 Å². The van der Waals surface area contributed by atoms with Crippen LogP contribution in [0.1, 0.15) is 31.4 Å². The van der Waals surface area contributed by atoms with Gasteiger partial charge in [0.05, 0.1) is 0 Å². The molecule has 0 aliphatic rings.